The Morgan fingerprint density at radius 3 is 2.28 bits per heavy atom. The van der Waals surface area contributed by atoms with Crippen molar-refractivity contribution in [3.05, 3.63) is 35.6 Å². The minimum absolute atomic E-state index is 0.0369. The predicted molar refractivity (Wildman–Crippen MR) is 151 cm³/mol. The lowest BCUT2D eigenvalue weighted by Gasteiger charge is -2.51. The normalized spacial score (nSPS) is 28.1. The first-order valence-corrected chi connectivity index (χ1v) is 15.3. The first-order valence-electron chi connectivity index (χ1n) is 15.3. The van der Waals surface area contributed by atoms with E-state index in [4.69, 9.17) is 4.74 Å². The van der Waals surface area contributed by atoms with E-state index in [9.17, 15) is 14.0 Å². The number of hydrogen-bond acceptors (Lipinski definition) is 4. The summed E-state index contributed by atoms with van der Waals surface area (Å²) in [5.41, 5.74) is 0.802. The van der Waals surface area contributed by atoms with Gasteiger partial charge in [-0.3, -0.25) is 9.69 Å². The van der Waals surface area contributed by atoms with E-state index in [1.54, 1.807) is 0 Å². The molecule has 0 unspecified atom stereocenters. The molecule has 3 aliphatic heterocycles. The Morgan fingerprint density at radius 1 is 1.03 bits per heavy atom. The molecule has 1 aliphatic carbocycles. The molecule has 1 saturated carbocycles. The average molecular weight is 542 g/mol. The third-order valence-electron chi connectivity index (χ3n) is 10.5. The van der Waals surface area contributed by atoms with Crippen LogP contribution in [0.5, 0.6) is 0 Å². The number of piperidine rings is 2. The fourth-order valence-corrected chi connectivity index (χ4v) is 7.84. The Hall–Kier alpha value is -2.15. The van der Waals surface area contributed by atoms with Gasteiger partial charge >= 0.3 is 6.09 Å². The minimum atomic E-state index is -0.293. The van der Waals surface area contributed by atoms with Crippen molar-refractivity contribution in [3.8, 4) is 0 Å². The molecule has 0 spiro atoms. The molecule has 2 amide bonds. The van der Waals surface area contributed by atoms with E-state index >= 15 is 0 Å². The first kappa shape index (κ1) is 28.4. The molecule has 3 heterocycles. The van der Waals surface area contributed by atoms with Crippen molar-refractivity contribution in [3.63, 3.8) is 0 Å². The summed E-state index contributed by atoms with van der Waals surface area (Å²) < 4.78 is 19.2. The number of carbonyl (C=O) groups is 2. The van der Waals surface area contributed by atoms with Gasteiger partial charge in [-0.2, -0.15) is 0 Å². The van der Waals surface area contributed by atoms with Gasteiger partial charge in [0.15, 0.2) is 0 Å². The zero-order valence-electron chi connectivity index (χ0n) is 24.5. The van der Waals surface area contributed by atoms with Crippen molar-refractivity contribution in [1.29, 1.82) is 0 Å². The SMILES string of the molecule is CC(C)N1CC[C@@H](C(=O)N2CCC(CN3C(=O)OCC3(C)C)(C3CCCCC3)CC2)[C@H](c2ccc(F)cc2)C1. The van der Waals surface area contributed by atoms with E-state index in [-0.39, 0.29) is 40.6 Å². The predicted octanol–water partition coefficient (Wildman–Crippen LogP) is 6.06. The van der Waals surface area contributed by atoms with Gasteiger partial charge in [0.25, 0.3) is 0 Å². The molecular weight excluding hydrogens is 493 g/mol. The minimum Gasteiger partial charge on any atom is -0.447 e. The van der Waals surface area contributed by atoms with Gasteiger partial charge in [-0.25, -0.2) is 9.18 Å². The lowest BCUT2D eigenvalue weighted by atomic mass is 9.63. The molecule has 4 aliphatic rings. The molecule has 2 atom stereocenters. The maximum absolute atomic E-state index is 14.1. The summed E-state index contributed by atoms with van der Waals surface area (Å²) >= 11 is 0. The number of halogens is 1. The molecule has 4 fully saturated rings. The van der Waals surface area contributed by atoms with Crippen LogP contribution in [0.1, 0.15) is 90.5 Å². The number of rotatable bonds is 6. The third kappa shape index (κ3) is 5.84. The van der Waals surface area contributed by atoms with Gasteiger partial charge in [-0.05, 0) is 95.4 Å². The maximum Gasteiger partial charge on any atom is 0.410 e. The molecule has 3 saturated heterocycles. The molecule has 0 bridgehead atoms. The molecular formula is C32H48FN3O3. The molecule has 5 rings (SSSR count). The maximum atomic E-state index is 14.1. The Kier molecular flexibility index (Phi) is 8.28. The highest BCUT2D eigenvalue weighted by atomic mass is 19.1. The number of carbonyl (C=O) groups excluding carboxylic acids is 2. The number of cyclic esters (lactones) is 1. The van der Waals surface area contributed by atoms with Gasteiger partial charge in [0.2, 0.25) is 5.91 Å². The van der Waals surface area contributed by atoms with Crippen molar-refractivity contribution in [2.45, 2.75) is 96.6 Å². The lowest BCUT2D eigenvalue weighted by Crippen LogP contribution is -2.56. The second kappa shape index (κ2) is 11.4. The number of hydrogen-bond donors (Lipinski definition) is 0. The largest absolute Gasteiger partial charge is 0.447 e. The van der Waals surface area contributed by atoms with E-state index in [1.807, 2.05) is 17.0 Å². The molecule has 0 aromatic heterocycles. The topological polar surface area (TPSA) is 53.1 Å². The van der Waals surface area contributed by atoms with Crippen LogP contribution in [0, 0.1) is 23.1 Å². The van der Waals surface area contributed by atoms with Crippen LogP contribution in [-0.4, -0.2) is 77.6 Å². The van der Waals surface area contributed by atoms with Gasteiger partial charge in [-0.15, -0.1) is 0 Å². The first-order chi connectivity index (χ1) is 18.6. The van der Waals surface area contributed by atoms with E-state index in [0.29, 0.717) is 18.6 Å². The molecule has 216 valence electrons. The molecule has 1 aromatic rings. The van der Waals surface area contributed by atoms with Crippen molar-refractivity contribution in [2.75, 3.05) is 39.3 Å². The van der Waals surface area contributed by atoms with Crippen LogP contribution in [0.4, 0.5) is 9.18 Å². The molecule has 6 nitrogen and oxygen atoms in total. The van der Waals surface area contributed by atoms with E-state index in [1.165, 1.54) is 44.2 Å². The molecule has 0 radical (unpaired) electrons. The Labute approximate surface area is 234 Å². The number of likely N-dealkylation sites (tertiary alicyclic amines) is 2. The van der Waals surface area contributed by atoms with Crippen LogP contribution >= 0.6 is 0 Å². The smallest absolute Gasteiger partial charge is 0.410 e. The highest BCUT2D eigenvalue weighted by Gasteiger charge is 2.50. The number of benzene rings is 1. The van der Waals surface area contributed by atoms with E-state index < -0.39 is 0 Å². The monoisotopic (exact) mass is 541 g/mol. The third-order valence-corrected chi connectivity index (χ3v) is 10.5. The average Bonchev–Trinajstić information content (AvgIpc) is 3.20. The summed E-state index contributed by atoms with van der Waals surface area (Å²) in [6.07, 6.45) is 8.78. The van der Waals surface area contributed by atoms with Crippen molar-refractivity contribution in [1.82, 2.24) is 14.7 Å². The molecule has 7 heteroatoms. The van der Waals surface area contributed by atoms with Gasteiger partial charge in [0.1, 0.15) is 12.4 Å². The summed E-state index contributed by atoms with van der Waals surface area (Å²) in [6.45, 7) is 13.0. The van der Waals surface area contributed by atoms with Crippen molar-refractivity contribution < 1.29 is 18.7 Å². The Bertz CT molecular complexity index is 1010. The van der Waals surface area contributed by atoms with Crippen molar-refractivity contribution in [2.24, 2.45) is 17.3 Å². The highest BCUT2D eigenvalue weighted by molar-refractivity contribution is 5.80. The van der Waals surface area contributed by atoms with E-state index in [2.05, 4.69) is 37.5 Å². The summed E-state index contributed by atoms with van der Waals surface area (Å²) in [5, 5.41) is 0. The fourth-order valence-electron chi connectivity index (χ4n) is 7.84. The van der Waals surface area contributed by atoms with Gasteiger partial charge in [0, 0.05) is 44.1 Å². The summed E-state index contributed by atoms with van der Waals surface area (Å²) in [5.74, 6) is 0.595. The zero-order valence-corrected chi connectivity index (χ0v) is 24.5. The van der Waals surface area contributed by atoms with Crippen LogP contribution in [0.15, 0.2) is 24.3 Å². The van der Waals surface area contributed by atoms with Gasteiger partial charge in [-0.1, -0.05) is 31.4 Å². The second-order valence-corrected chi connectivity index (χ2v) is 13.6. The number of nitrogens with zero attached hydrogens (tertiary/aromatic N) is 3. The Morgan fingerprint density at radius 2 is 1.69 bits per heavy atom. The number of ether oxygens (including phenoxy) is 1. The van der Waals surface area contributed by atoms with Crippen molar-refractivity contribution >= 4 is 12.0 Å². The molecule has 39 heavy (non-hydrogen) atoms. The number of amides is 2. The molecule has 0 N–H and O–H groups in total. The summed E-state index contributed by atoms with van der Waals surface area (Å²) in [6, 6.07) is 7.19. The van der Waals surface area contributed by atoms with Crippen LogP contribution in [-0.2, 0) is 9.53 Å². The van der Waals surface area contributed by atoms with Crippen LogP contribution < -0.4 is 0 Å². The quantitative estimate of drug-likeness (QED) is 0.439. The van der Waals surface area contributed by atoms with Gasteiger partial charge < -0.3 is 14.5 Å². The Balaban J connectivity index is 1.33. The van der Waals surface area contributed by atoms with Crippen LogP contribution in [0.2, 0.25) is 0 Å². The zero-order chi connectivity index (χ0) is 27.8. The van der Waals surface area contributed by atoms with E-state index in [0.717, 1.165) is 57.5 Å². The van der Waals surface area contributed by atoms with Gasteiger partial charge in [0.05, 0.1) is 5.54 Å². The van der Waals surface area contributed by atoms with Crippen LogP contribution in [0.3, 0.4) is 0 Å². The highest BCUT2D eigenvalue weighted by Crippen LogP contribution is 2.48. The second-order valence-electron chi connectivity index (χ2n) is 13.6. The summed E-state index contributed by atoms with van der Waals surface area (Å²) in [4.78, 5) is 33.4. The summed E-state index contributed by atoms with van der Waals surface area (Å²) in [7, 11) is 0. The molecule has 1 aromatic carbocycles. The van der Waals surface area contributed by atoms with Crippen LogP contribution in [0.25, 0.3) is 0 Å². The fraction of sp³-hybridized carbons (Fsp3) is 0.750. The standard InChI is InChI=1S/C32H48FN3O3/c1-23(2)35-17-14-27(28(20-35)24-10-12-26(33)13-11-24)29(37)34-18-15-32(16-19-34,25-8-6-5-7-9-25)21-36-30(38)39-22-31(36,3)4/h10-13,23,25,27-28H,5-9,14-22H2,1-4H3/t27-,28+/m1/s1. The lowest BCUT2D eigenvalue weighted by molar-refractivity contribution is -0.142.